The molecule has 4 heteroatoms. The van der Waals surface area contributed by atoms with E-state index in [1.54, 1.807) is 12.1 Å². The van der Waals surface area contributed by atoms with E-state index in [-0.39, 0.29) is 5.75 Å². The second-order valence-corrected chi connectivity index (χ2v) is 8.18. The lowest BCUT2D eigenvalue weighted by Crippen LogP contribution is -2.08. The van der Waals surface area contributed by atoms with Crippen LogP contribution < -0.4 is 0 Å². The molecule has 0 saturated heterocycles. The number of unbranched alkanes of at least 4 members (excludes halogenated alkanes) is 3. The third-order valence-corrected chi connectivity index (χ3v) is 5.49. The van der Waals surface area contributed by atoms with Gasteiger partial charge in [-0.15, -0.1) is 0 Å². The average molecular weight is 431 g/mol. The standard InChI is InChI=1S/C28H34N2O2/c1-3-4-8-19-32-22(2)9-6-5-7-10-28-29-20-26(21-30-28)25-13-11-23(12-14-25)24-15-17-27(31)18-16-24/h7,10-18,20-22,31H,3-6,8-9,19H2,1-2H3/b10-7+. The molecule has 1 N–H and O–H groups in total. The van der Waals surface area contributed by atoms with Gasteiger partial charge in [-0.25, -0.2) is 9.97 Å². The fraction of sp³-hybridized carbons (Fsp3) is 0.357. The largest absolute Gasteiger partial charge is 0.508 e. The summed E-state index contributed by atoms with van der Waals surface area (Å²) in [6.07, 6.45) is 15.0. The number of phenols is 1. The molecule has 4 nitrogen and oxygen atoms in total. The topological polar surface area (TPSA) is 55.2 Å². The van der Waals surface area contributed by atoms with Gasteiger partial charge >= 0.3 is 0 Å². The summed E-state index contributed by atoms with van der Waals surface area (Å²) in [6.45, 7) is 5.25. The van der Waals surface area contributed by atoms with Gasteiger partial charge in [-0.05, 0) is 67.5 Å². The molecule has 3 rings (SSSR count). The molecule has 0 fully saturated rings. The summed E-state index contributed by atoms with van der Waals surface area (Å²) in [7, 11) is 0. The molecular formula is C28H34N2O2. The Labute approximate surface area is 192 Å². The highest BCUT2D eigenvalue weighted by molar-refractivity contribution is 5.70. The number of aromatic hydroxyl groups is 1. The smallest absolute Gasteiger partial charge is 0.151 e. The van der Waals surface area contributed by atoms with E-state index in [1.807, 2.05) is 30.6 Å². The zero-order valence-electron chi connectivity index (χ0n) is 19.2. The molecule has 3 aromatic rings. The number of allylic oxidation sites excluding steroid dienone is 1. The summed E-state index contributed by atoms with van der Waals surface area (Å²) in [5, 5.41) is 9.44. The Morgan fingerprint density at radius 2 is 1.44 bits per heavy atom. The predicted octanol–water partition coefficient (Wildman–Crippen LogP) is 7.30. The van der Waals surface area contributed by atoms with Gasteiger partial charge in [-0.3, -0.25) is 0 Å². The Hall–Kier alpha value is -2.98. The Kier molecular flexibility index (Phi) is 9.45. The maximum Gasteiger partial charge on any atom is 0.151 e. The van der Waals surface area contributed by atoms with Crippen LogP contribution >= 0.6 is 0 Å². The molecule has 1 unspecified atom stereocenters. The number of aromatic nitrogens is 2. The van der Waals surface area contributed by atoms with E-state index in [4.69, 9.17) is 4.74 Å². The minimum absolute atomic E-state index is 0.276. The Morgan fingerprint density at radius 3 is 2.06 bits per heavy atom. The van der Waals surface area contributed by atoms with Crippen molar-refractivity contribution in [3.05, 3.63) is 72.8 Å². The number of benzene rings is 2. The van der Waals surface area contributed by atoms with Crippen molar-refractivity contribution in [3.8, 4) is 28.0 Å². The molecule has 0 saturated carbocycles. The van der Waals surface area contributed by atoms with Crippen LogP contribution in [0.3, 0.4) is 0 Å². The third kappa shape index (κ3) is 7.61. The van der Waals surface area contributed by atoms with Crippen molar-refractivity contribution in [1.29, 1.82) is 0 Å². The van der Waals surface area contributed by atoms with Crippen molar-refractivity contribution in [2.45, 2.75) is 58.5 Å². The first-order valence-electron chi connectivity index (χ1n) is 11.7. The van der Waals surface area contributed by atoms with E-state index >= 15 is 0 Å². The first kappa shape index (κ1) is 23.7. The molecule has 1 heterocycles. The van der Waals surface area contributed by atoms with Crippen molar-refractivity contribution in [2.24, 2.45) is 0 Å². The highest BCUT2D eigenvalue weighted by atomic mass is 16.5. The van der Waals surface area contributed by atoms with Crippen molar-refractivity contribution < 1.29 is 9.84 Å². The molecule has 1 aromatic heterocycles. The minimum atomic E-state index is 0.276. The summed E-state index contributed by atoms with van der Waals surface area (Å²) >= 11 is 0. The van der Waals surface area contributed by atoms with Crippen LogP contribution in [0.25, 0.3) is 28.3 Å². The summed E-state index contributed by atoms with van der Waals surface area (Å²) in [6, 6.07) is 15.5. The first-order chi connectivity index (χ1) is 15.7. The van der Waals surface area contributed by atoms with Crippen molar-refractivity contribution in [1.82, 2.24) is 9.97 Å². The average Bonchev–Trinajstić information content (AvgIpc) is 2.83. The molecule has 1 atom stereocenters. The number of ether oxygens (including phenoxy) is 1. The number of rotatable bonds is 12. The first-order valence-corrected chi connectivity index (χ1v) is 11.7. The van der Waals surface area contributed by atoms with Gasteiger partial charge in [0.1, 0.15) is 5.75 Å². The van der Waals surface area contributed by atoms with E-state index in [2.05, 4.69) is 54.2 Å². The summed E-state index contributed by atoms with van der Waals surface area (Å²) in [4.78, 5) is 8.97. The fourth-order valence-corrected chi connectivity index (χ4v) is 3.51. The lowest BCUT2D eigenvalue weighted by Gasteiger charge is -2.11. The zero-order valence-corrected chi connectivity index (χ0v) is 19.2. The van der Waals surface area contributed by atoms with Crippen LogP contribution in [0.15, 0.2) is 67.0 Å². The highest BCUT2D eigenvalue weighted by Gasteiger charge is 2.03. The fourth-order valence-electron chi connectivity index (χ4n) is 3.51. The van der Waals surface area contributed by atoms with Crippen molar-refractivity contribution in [3.63, 3.8) is 0 Å². The normalized spacial score (nSPS) is 12.3. The van der Waals surface area contributed by atoms with Gasteiger partial charge in [-0.1, -0.05) is 62.2 Å². The Bertz CT molecular complexity index is 948. The van der Waals surface area contributed by atoms with Crippen LogP contribution in [0.4, 0.5) is 0 Å². The molecule has 0 spiro atoms. The van der Waals surface area contributed by atoms with Gasteiger partial charge in [0, 0.05) is 24.6 Å². The molecule has 168 valence electrons. The molecule has 0 aliphatic carbocycles. The second kappa shape index (κ2) is 12.8. The minimum Gasteiger partial charge on any atom is -0.508 e. The summed E-state index contributed by atoms with van der Waals surface area (Å²) in [5.74, 6) is 1.01. The van der Waals surface area contributed by atoms with Gasteiger partial charge in [0.2, 0.25) is 0 Å². The number of nitrogens with zero attached hydrogens (tertiary/aromatic N) is 2. The van der Waals surface area contributed by atoms with Gasteiger partial charge in [-0.2, -0.15) is 0 Å². The lowest BCUT2D eigenvalue weighted by atomic mass is 10.0. The van der Waals surface area contributed by atoms with Crippen molar-refractivity contribution >= 4 is 6.08 Å². The maximum atomic E-state index is 9.44. The molecule has 2 aromatic carbocycles. The van der Waals surface area contributed by atoms with Crippen LogP contribution in [0.2, 0.25) is 0 Å². The Balaban J connectivity index is 1.45. The maximum absolute atomic E-state index is 9.44. The second-order valence-electron chi connectivity index (χ2n) is 8.18. The van der Waals surface area contributed by atoms with Gasteiger partial charge in [0.15, 0.2) is 5.82 Å². The van der Waals surface area contributed by atoms with Crippen LogP contribution in [-0.2, 0) is 4.74 Å². The van der Waals surface area contributed by atoms with E-state index < -0.39 is 0 Å². The van der Waals surface area contributed by atoms with Gasteiger partial charge < -0.3 is 9.84 Å². The molecule has 0 aliphatic rings. The van der Waals surface area contributed by atoms with E-state index in [0.29, 0.717) is 6.10 Å². The molecular weight excluding hydrogens is 396 g/mol. The van der Waals surface area contributed by atoms with Crippen molar-refractivity contribution in [2.75, 3.05) is 6.61 Å². The van der Waals surface area contributed by atoms with E-state index in [9.17, 15) is 5.11 Å². The SMILES string of the molecule is CCCCCOC(C)CCC/C=C/c1ncc(-c2ccc(-c3ccc(O)cc3)cc2)cn1. The van der Waals surface area contributed by atoms with E-state index in [1.165, 1.54) is 12.8 Å². The summed E-state index contributed by atoms with van der Waals surface area (Å²) < 4.78 is 5.84. The molecule has 0 radical (unpaired) electrons. The van der Waals surface area contributed by atoms with Crippen LogP contribution in [0.5, 0.6) is 5.75 Å². The van der Waals surface area contributed by atoms with Crippen LogP contribution in [0.1, 0.15) is 58.2 Å². The van der Waals surface area contributed by atoms with Crippen LogP contribution in [-0.4, -0.2) is 27.8 Å². The molecule has 0 amide bonds. The summed E-state index contributed by atoms with van der Waals surface area (Å²) in [5.41, 5.74) is 4.25. The number of phenolic OH excluding ortho intramolecular Hbond substituents is 1. The Morgan fingerprint density at radius 1 is 0.844 bits per heavy atom. The predicted molar refractivity (Wildman–Crippen MR) is 132 cm³/mol. The number of hydrogen-bond acceptors (Lipinski definition) is 4. The highest BCUT2D eigenvalue weighted by Crippen LogP contribution is 2.25. The van der Waals surface area contributed by atoms with Gasteiger partial charge in [0.05, 0.1) is 6.10 Å². The third-order valence-electron chi connectivity index (χ3n) is 5.49. The lowest BCUT2D eigenvalue weighted by molar-refractivity contribution is 0.0566. The monoisotopic (exact) mass is 430 g/mol. The quantitative estimate of drug-likeness (QED) is 0.306. The number of hydrogen-bond donors (Lipinski definition) is 1. The van der Waals surface area contributed by atoms with Crippen LogP contribution in [0, 0.1) is 0 Å². The molecule has 0 aliphatic heterocycles. The molecule has 0 bridgehead atoms. The van der Waals surface area contributed by atoms with Gasteiger partial charge in [0.25, 0.3) is 0 Å². The van der Waals surface area contributed by atoms with E-state index in [0.717, 1.165) is 60.4 Å². The molecule has 32 heavy (non-hydrogen) atoms. The zero-order chi connectivity index (χ0) is 22.6.